The Morgan fingerprint density at radius 3 is 0.889 bits per heavy atom. The average molecular weight is 593 g/mol. The zero-order chi connectivity index (χ0) is 20.8. The Labute approximate surface area is 204 Å². The third kappa shape index (κ3) is 4.92. The molecule has 0 radical (unpaired) electrons. The Bertz CT molecular complexity index is 860. The number of rotatable bonds is 4. The van der Waals surface area contributed by atoms with Crippen molar-refractivity contribution in [2.75, 3.05) is 6.66 Å². The van der Waals surface area contributed by atoms with Crippen LogP contribution in [0, 0.1) is 0 Å². The molecule has 148 valence electrons. The van der Waals surface area contributed by atoms with Crippen LogP contribution in [0.5, 0.6) is 11.5 Å². The predicted molar refractivity (Wildman–Crippen MR) is 118 cm³/mol. The molecule has 3 nitrogen and oxygen atoms in total. The molecule has 0 aromatic heterocycles. The van der Waals surface area contributed by atoms with E-state index in [9.17, 15) is 4.57 Å². The van der Waals surface area contributed by atoms with E-state index in [1.807, 2.05) is 0 Å². The van der Waals surface area contributed by atoms with Gasteiger partial charge in [0.2, 0.25) is 0 Å². The van der Waals surface area contributed by atoms with E-state index in [2.05, 4.69) is 0 Å². The number of halogens is 10. The van der Waals surface area contributed by atoms with Crippen LogP contribution in [-0.4, -0.2) is 6.66 Å². The lowest BCUT2D eigenvalue weighted by molar-refractivity contribution is 0.394. The van der Waals surface area contributed by atoms with E-state index in [1.165, 1.54) is 0 Å². The van der Waals surface area contributed by atoms with E-state index in [0.717, 1.165) is 6.66 Å². The quantitative estimate of drug-likeness (QED) is 0.201. The maximum absolute atomic E-state index is 12.9. The van der Waals surface area contributed by atoms with Crippen molar-refractivity contribution in [3.8, 4) is 11.5 Å². The van der Waals surface area contributed by atoms with Crippen molar-refractivity contribution in [2.24, 2.45) is 0 Å². The molecule has 0 aliphatic heterocycles. The first-order valence-corrected chi connectivity index (χ1v) is 12.1. The van der Waals surface area contributed by atoms with Gasteiger partial charge in [-0.05, 0) is 0 Å². The molecule has 0 N–H and O–H groups in total. The minimum Gasteiger partial charge on any atom is -0.413 e. The summed E-state index contributed by atoms with van der Waals surface area (Å²) in [7, 11) is -4.01. The first-order valence-electron chi connectivity index (χ1n) is 6.29. The van der Waals surface area contributed by atoms with E-state index >= 15 is 0 Å². The maximum Gasteiger partial charge on any atom is 0.427 e. The van der Waals surface area contributed by atoms with Crippen LogP contribution in [0.2, 0.25) is 50.2 Å². The lowest BCUT2D eigenvalue weighted by Crippen LogP contribution is -2.02. The molecule has 0 saturated carbocycles. The summed E-state index contributed by atoms with van der Waals surface area (Å²) >= 11 is 59.8. The van der Waals surface area contributed by atoms with Gasteiger partial charge in [-0.2, -0.15) is 0 Å². The van der Waals surface area contributed by atoms with E-state index in [4.69, 9.17) is 125 Å². The molecule has 2 aromatic rings. The van der Waals surface area contributed by atoms with E-state index in [0.29, 0.717) is 0 Å². The van der Waals surface area contributed by atoms with Crippen LogP contribution in [0.3, 0.4) is 0 Å². The number of benzene rings is 2. The third-order valence-corrected chi connectivity index (χ3v) is 8.37. The molecule has 0 aliphatic rings. The molecule has 0 fully saturated rings. The van der Waals surface area contributed by atoms with Crippen LogP contribution < -0.4 is 9.05 Å². The van der Waals surface area contributed by atoms with Crippen LogP contribution >= 0.6 is 124 Å². The first kappa shape index (κ1) is 24.4. The van der Waals surface area contributed by atoms with Gasteiger partial charge in [-0.25, -0.2) is 4.57 Å². The molecule has 0 bridgehead atoms. The van der Waals surface area contributed by atoms with Crippen molar-refractivity contribution in [3.05, 3.63) is 50.2 Å². The largest absolute Gasteiger partial charge is 0.427 e. The standard InChI is InChI=1S/C13H3Cl10O3P/c1-27(24,25-12-8(20)4(16)2(14)5(17)9(12)21)26-13-10(22)6(18)3(15)7(19)11(13)23/h1H3. The molecular weight excluding hydrogens is 590 g/mol. The summed E-state index contributed by atoms with van der Waals surface area (Å²) in [5.74, 6) is -0.635. The van der Waals surface area contributed by atoms with Crippen LogP contribution in [0.15, 0.2) is 0 Å². The van der Waals surface area contributed by atoms with Crippen LogP contribution in [0.25, 0.3) is 0 Å². The SMILES string of the molecule is CP(=O)(Oc1c(Cl)c(Cl)c(Cl)c(Cl)c1Cl)Oc1c(Cl)c(Cl)c(Cl)c(Cl)c1Cl. The molecule has 0 atom stereocenters. The van der Waals surface area contributed by atoms with Gasteiger partial charge in [0.1, 0.15) is 20.1 Å². The summed E-state index contributed by atoms with van der Waals surface area (Å²) in [4.78, 5) is 0. The van der Waals surface area contributed by atoms with Crippen molar-refractivity contribution < 1.29 is 13.6 Å². The molecule has 14 heteroatoms. The summed E-state index contributed by atoms with van der Waals surface area (Å²) in [6.45, 7) is 1.08. The second-order valence-corrected chi connectivity index (χ2v) is 10.4. The highest BCUT2D eigenvalue weighted by Gasteiger charge is 2.31. The van der Waals surface area contributed by atoms with Gasteiger partial charge >= 0.3 is 7.60 Å². The first-order chi connectivity index (χ1) is 12.3. The number of hydrogen-bond acceptors (Lipinski definition) is 3. The summed E-state index contributed by atoms with van der Waals surface area (Å²) in [5.41, 5.74) is 0. The Hall–Kier alpha value is 1.17. The molecule has 2 rings (SSSR count). The molecule has 0 spiro atoms. The zero-order valence-electron chi connectivity index (χ0n) is 12.5. The van der Waals surface area contributed by atoms with Gasteiger partial charge in [-0.3, -0.25) is 0 Å². The third-order valence-electron chi connectivity index (χ3n) is 2.85. The maximum atomic E-state index is 12.9. The topological polar surface area (TPSA) is 35.5 Å². The normalized spacial score (nSPS) is 11.7. The highest BCUT2D eigenvalue weighted by molar-refractivity contribution is 7.53. The van der Waals surface area contributed by atoms with E-state index in [1.54, 1.807) is 0 Å². The molecule has 0 unspecified atom stereocenters. The van der Waals surface area contributed by atoms with Gasteiger partial charge in [-0.1, -0.05) is 116 Å². The Balaban J connectivity index is 2.51. The minimum atomic E-state index is -4.01. The fourth-order valence-corrected chi connectivity index (χ4v) is 5.36. The van der Waals surface area contributed by atoms with E-state index in [-0.39, 0.29) is 61.7 Å². The lowest BCUT2D eigenvalue weighted by Gasteiger charge is -2.21. The smallest absolute Gasteiger partial charge is 0.413 e. The van der Waals surface area contributed by atoms with Crippen molar-refractivity contribution >= 4 is 124 Å². The number of hydrogen-bond donors (Lipinski definition) is 0. The monoisotopic (exact) mass is 588 g/mol. The molecule has 0 heterocycles. The van der Waals surface area contributed by atoms with Gasteiger partial charge in [0.25, 0.3) is 0 Å². The summed E-state index contributed by atoms with van der Waals surface area (Å²) in [6, 6.07) is 0. The molecule has 27 heavy (non-hydrogen) atoms. The highest BCUT2D eigenvalue weighted by Crippen LogP contribution is 2.57. The fraction of sp³-hybridized carbons (Fsp3) is 0.0769. The second-order valence-electron chi connectivity index (χ2n) is 4.75. The van der Waals surface area contributed by atoms with Gasteiger partial charge in [0.05, 0.1) is 36.8 Å². The summed E-state index contributed by atoms with van der Waals surface area (Å²) in [5, 5.41) is -1.75. The van der Waals surface area contributed by atoms with Gasteiger partial charge < -0.3 is 9.05 Å². The van der Waals surface area contributed by atoms with Crippen molar-refractivity contribution in [2.45, 2.75) is 0 Å². The van der Waals surface area contributed by atoms with Crippen molar-refractivity contribution in [1.82, 2.24) is 0 Å². The van der Waals surface area contributed by atoms with Crippen LogP contribution in [0.4, 0.5) is 0 Å². The Morgan fingerprint density at radius 2 is 0.667 bits per heavy atom. The van der Waals surface area contributed by atoms with Gasteiger partial charge in [-0.15, -0.1) is 0 Å². The van der Waals surface area contributed by atoms with Crippen LogP contribution in [0.1, 0.15) is 0 Å². The lowest BCUT2D eigenvalue weighted by atomic mass is 10.3. The molecule has 0 amide bonds. The van der Waals surface area contributed by atoms with Gasteiger partial charge in [0.15, 0.2) is 11.5 Å². The molecule has 2 aromatic carbocycles. The Morgan fingerprint density at radius 1 is 0.481 bits per heavy atom. The second kappa shape index (κ2) is 9.12. The fourth-order valence-electron chi connectivity index (χ4n) is 1.68. The Kier molecular flexibility index (Phi) is 8.26. The zero-order valence-corrected chi connectivity index (χ0v) is 20.9. The minimum absolute atomic E-state index is 0.102. The molecular formula is C13H3Cl10O3P. The average Bonchev–Trinajstić information content (AvgIpc) is 2.62. The summed E-state index contributed by atoms with van der Waals surface area (Å²) in [6.07, 6.45) is 0. The van der Waals surface area contributed by atoms with Crippen molar-refractivity contribution in [1.29, 1.82) is 0 Å². The van der Waals surface area contributed by atoms with E-state index < -0.39 is 7.60 Å². The van der Waals surface area contributed by atoms with Crippen LogP contribution in [-0.2, 0) is 4.57 Å². The predicted octanol–water partition coefficient (Wildman–Crippen LogP) is 10.5. The van der Waals surface area contributed by atoms with Crippen molar-refractivity contribution in [3.63, 3.8) is 0 Å². The van der Waals surface area contributed by atoms with Gasteiger partial charge in [0, 0.05) is 0 Å². The molecule has 0 aliphatic carbocycles. The highest BCUT2D eigenvalue weighted by atomic mass is 35.5. The molecule has 0 saturated heterocycles. The summed E-state index contributed by atoms with van der Waals surface area (Å²) < 4.78 is 23.5.